The number of nitrogens with one attached hydrogen (secondary N) is 1. The van der Waals surface area contributed by atoms with E-state index in [2.05, 4.69) is 14.7 Å². The third kappa shape index (κ3) is 4.50. The van der Waals surface area contributed by atoms with E-state index in [-0.39, 0.29) is 30.7 Å². The van der Waals surface area contributed by atoms with Gasteiger partial charge in [0.15, 0.2) is 11.6 Å². The van der Waals surface area contributed by atoms with Crippen LogP contribution in [-0.2, 0) is 21.2 Å². The molecule has 150 valence electrons. The number of halogens is 2. The van der Waals surface area contributed by atoms with Crippen LogP contribution in [0.5, 0.6) is 0 Å². The summed E-state index contributed by atoms with van der Waals surface area (Å²) in [4.78, 5) is 19.5. The van der Waals surface area contributed by atoms with Gasteiger partial charge in [-0.05, 0) is 43.4 Å². The number of aromatic nitrogens is 2. The van der Waals surface area contributed by atoms with Crippen molar-refractivity contribution in [1.82, 2.24) is 14.7 Å². The Labute approximate surface area is 160 Å². The van der Waals surface area contributed by atoms with Gasteiger partial charge in [0.2, 0.25) is 10.0 Å². The van der Waals surface area contributed by atoms with Crippen molar-refractivity contribution in [3.63, 3.8) is 0 Å². The summed E-state index contributed by atoms with van der Waals surface area (Å²) in [7, 11) is -3.45. The lowest BCUT2D eigenvalue weighted by Gasteiger charge is -2.25. The number of sulfonamides is 1. The number of carboxylic acids is 1. The molecule has 2 N–H and O–H groups in total. The van der Waals surface area contributed by atoms with Crippen molar-refractivity contribution in [2.24, 2.45) is 5.41 Å². The van der Waals surface area contributed by atoms with Crippen LogP contribution in [0, 0.1) is 17.0 Å². The minimum atomic E-state index is -3.45. The molecule has 1 aliphatic carbocycles. The summed E-state index contributed by atoms with van der Waals surface area (Å²) in [5.41, 5.74) is -0.574. The van der Waals surface area contributed by atoms with Crippen molar-refractivity contribution >= 4 is 16.0 Å². The highest BCUT2D eigenvalue weighted by molar-refractivity contribution is 7.88. The van der Waals surface area contributed by atoms with Gasteiger partial charge in [-0.1, -0.05) is 6.07 Å². The molecule has 28 heavy (non-hydrogen) atoms. The summed E-state index contributed by atoms with van der Waals surface area (Å²) in [5, 5.41) is 9.79. The van der Waals surface area contributed by atoms with Crippen LogP contribution in [0.3, 0.4) is 0 Å². The summed E-state index contributed by atoms with van der Waals surface area (Å²) < 4.78 is 52.6. The van der Waals surface area contributed by atoms with Crippen molar-refractivity contribution in [2.45, 2.75) is 31.7 Å². The van der Waals surface area contributed by atoms with Gasteiger partial charge in [0, 0.05) is 6.04 Å². The zero-order valence-corrected chi connectivity index (χ0v) is 15.8. The molecule has 2 atom stereocenters. The van der Waals surface area contributed by atoms with Gasteiger partial charge in [-0.25, -0.2) is 31.9 Å². The Hall–Kier alpha value is -2.46. The molecule has 0 saturated heterocycles. The van der Waals surface area contributed by atoms with E-state index < -0.39 is 39.1 Å². The SMILES string of the molecule is CS(=O)(=O)N[C@H]1CC[C@](Cc2ccc(F)c(-c3ncc(F)cn3)c2)(C(=O)O)C1. The Morgan fingerprint density at radius 3 is 2.61 bits per heavy atom. The third-order valence-electron chi connectivity index (χ3n) is 4.88. The predicted octanol–water partition coefficient (Wildman–Crippen LogP) is 2.14. The van der Waals surface area contributed by atoms with E-state index in [4.69, 9.17) is 0 Å². The second kappa shape index (κ2) is 7.51. The molecule has 0 unspecified atom stereocenters. The van der Waals surface area contributed by atoms with Crippen LogP contribution in [0.25, 0.3) is 11.4 Å². The second-order valence-corrected chi connectivity index (χ2v) is 8.91. The lowest BCUT2D eigenvalue weighted by Crippen LogP contribution is -2.36. The molecular formula is C18H19F2N3O4S. The predicted molar refractivity (Wildman–Crippen MR) is 96.8 cm³/mol. The zero-order chi connectivity index (χ0) is 20.5. The number of hydrogen-bond acceptors (Lipinski definition) is 5. The number of carbonyl (C=O) groups is 1. The van der Waals surface area contributed by atoms with Crippen LogP contribution in [0.1, 0.15) is 24.8 Å². The molecule has 0 radical (unpaired) electrons. The number of hydrogen-bond donors (Lipinski definition) is 2. The average molecular weight is 411 g/mol. The number of benzene rings is 1. The Bertz CT molecular complexity index is 998. The molecule has 1 aromatic carbocycles. The van der Waals surface area contributed by atoms with Crippen molar-refractivity contribution in [2.75, 3.05) is 6.26 Å². The molecule has 1 saturated carbocycles. The van der Waals surface area contributed by atoms with E-state index in [0.717, 1.165) is 18.6 Å². The van der Waals surface area contributed by atoms with Crippen molar-refractivity contribution < 1.29 is 27.1 Å². The molecule has 2 aromatic rings. The quantitative estimate of drug-likeness (QED) is 0.754. The summed E-state index contributed by atoms with van der Waals surface area (Å²) >= 11 is 0. The van der Waals surface area contributed by atoms with Crippen LogP contribution in [0.2, 0.25) is 0 Å². The van der Waals surface area contributed by atoms with Crippen LogP contribution in [0.4, 0.5) is 8.78 Å². The van der Waals surface area contributed by atoms with Crippen molar-refractivity contribution in [1.29, 1.82) is 0 Å². The fraction of sp³-hybridized carbons (Fsp3) is 0.389. The van der Waals surface area contributed by atoms with E-state index in [1.807, 2.05) is 0 Å². The molecule has 1 aromatic heterocycles. The van der Waals surface area contributed by atoms with Crippen LogP contribution in [0.15, 0.2) is 30.6 Å². The highest BCUT2D eigenvalue weighted by Gasteiger charge is 2.46. The molecule has 1 heterocycles. The van der Waals surface area contributed by atoms with E-state index in [1.54, 1.807) is 0 Å². The summed E-state index contributed by atoms with van der Waals surface area (Å²) in [5.74, 6) is -2.30. The molecule has 0 bridgehead atoms. The molecule has 0 aliphatic heterocycles. The number of carboxylic acid groups (broad SMARTS) is 1. The van der Waals surface area contributed by atoms with Crippen LogP contribution >= 0.6 is 0 Å². The van der Waals surface area contributed by atoms with Gasteiger partial charge in [0.1, 0.15) is 5.82 Å². The lowest BCUT2D eigenvalue weighted by molar-refractivity contribution is -0.148. The minimum Gasteiger partial charge on any atom is -0.481 e. The first-order valence-electron chi connectivity index (χ1n) is 8.55. The van der Waals surface area contributed by atoms with Crippen molar-refractivity contribution in [3.05, 3.63) is 47.8 Å². The Kier molecular flexibility index (Phi) is 5.44. The van der Waals surface area contributed by atoms with Gasteiger partial charge in [0.05, 0.1) is 29.6 Å². The zero-order valence-electron chi connectivity index (χ0n) is 15.0. The first-order valence-corrected chi connectivity index (χ1v) is 10.4. The standard InChI is InChI=1S/C18H19F2N3O4S/c1-28(26,27)23-13-4-5-18(8-13,17(24)25)7-11-2-3-15(20)14(6-11)16-21-9-12(19)10-22-16/h2-3,6,9-10,13,23H,4-5,7-8H2,1H3,(H,24,25)/t13-,18+/m0/s1. The summed E-state index contributed by atoms with van der Waals surface area (Å²) in [6, 6.07) is 3.65. The smallest absolute Gasteiger partial charge is 0.310 e. The van der Waals surface area contributed by atoms with Gasteiger partial charge in [-0.2, -0.15) is 0 Å². The molecule has 0 amide bonds. The minimum absolute atomic E-state index is 0.00633. The van der Waals surface area contributed by atoms with Crippen LogP contribution in [-0.4, -0.2) is 41.8 Å². The van der Waals surface area contributed by atoms with Gasteiger partial charge in [-0.15, -0.1) is 0 Å². The summed E-state index contributed by atoms with van der Waals surface area (Å²) in [6.07, 6.45) is 3.79. The van der Waals surface area contributed by atoms with Crippen molar-refractivity contribution in [3.8, 4) is 11.4 Å². The van der Waals surface area contributed by atoms with Gasteiger partial charge < -0.3 is 5.11 Å². The largest absolute Gasteiger partial charge is 0.481 e. The van der Waals surface area contributed by atoms with E-state index >= 15 is 0 Å². The lowest BCUT2D eigenvalue weighted by atomic mass is 9.79. The van der Waals surface area contributed by atoms with Gasteiger partial charge >= 0.3 is 5.97 Å². The average Bonchev–Trinajstić information content (AvgIpc) is 2.99. The molecule has 10 heteroatoms. The maximum absolute atomic E-state index is 14.2. The maximum atomic E-state index is 14.2. The first-order chi connectivity index (χ1) is 13.1. The number of aliphatic carboxylic acids is 1. The first kappa shape index (κ1) is 20.3. The second-order valence-electron chi connectivity index (χ2n) is 7.13. The molecule has 3 rings (SSSR count). The number of nitrogens with zero attached hydrogens (tertiary/aromatic N) is 2. The van der Waals surface area contributed by atoms with E-state index in [1.165, 1.54) is 18.2 Å². The molecule has 7 nitrogen and oxygen atoms in total. The van der Waals surface area contributed by atoms with Crippen LogP contribution < -0.4 is 4.72 Å². The monoisotopic (exact) mass is 411 g/mol. The highest BCUT2D eigenvalue weighted by Crippen LogP contribution is 2.42. The Balaban J connectivity index is 1.88. The topological polar surface area (TPSA) is 109 Å². The normalized spacial score (nSPS) is 22.3. The Morgan fingerprint density at radius 2 is 2.00 bits per heavy atom. The van der Waals surface area contributed by atoms with E-state index in [9.17, 15) is 27.1 Å². The summed E-state index contributed by atoms with van der Waals surface area (Å²) in [6.45, 7) is 0. The molecule has 0 spiro atoms. The molecule has 1 fully saturated rings. The number of rotatable bonds is 6. The molecule has 1 aliphatic rings. The highest BCUT2D eigenvalue weighted by atomic mass is 32.2. The molecular weight excluding hydrogens is 392 g/mol. The third-order valence-corrected chi connectivity index (χ3v) is 5.64. The Morgan fingerprint density at radius 1 is 1.32 bits per heavy atom. The van der Waals surface area contributed by atoms with Gasteiger partial charge in [-0.3, -0.25) is 4.79 Å². The fourth-order valence-electron chi connectivity index (χ4n) is 3.66. The fourth-order valence-corrected chi connectivity index (χ4v) is 4.46. The van der Waals surface area contributed by atoms with Gasteiger partial charge in [0.25, 0.3) is 0 Å². The maximum Gasteiger partial charge on any atom is 0.310 e. The van der Waals surface area contributed by atoms with E-state index in [0.29, 0.717) is 12.0 Å².